The molecule has 0 fully saturated rings. The van der Waals surface area contributed by atoms with Gasteiger partial charge >= 0.3 is 5.97 Å². The van der Waals surface area contributed by atoms with E-state index < -0.39 is 12.0 Å². The number of hydrogen-bond donors (Lipinski definition) is 2. The van der Waals surface area contributed by atoms with E-state index in [0.717, 1.165) is 0 Å². The van der Waals surface area contributed by atoms with Crippen molar-refractivity contribution in [3.8, 4) is 11.5 Å². The van der Waals surface area contributed by atoms with Crippen molar-refractivity contribution in [2.75, 3.05) is 14.2 Å². The fraction of sp³-hybridized carbons (Fsp3) is 0.429. The Balaban J connectivity index is 2.77. The third-order valence-corrected chi connectivity index (χ3v) is 2.89. The van der Waals surface area contributed by atoms with Crippen molar-refractivity contribution in [1.82, 2.24) is 5.32 Å². The first-order valence-corrected chi connectivity index (χ1v) is 6.24. The van der Waals surface area contributed by atoms with E-state index in [2.05, 4.69) is 5.32 Å². The molecule has 0 unspecified atom stereocenters. The van der Waals surface area contributed by atoms with Gasteiger partial charge in [0.05, 0.1) is 20.6 Å². The fourth-order valence-electron chi connectivity index (χ4n) is 1.75. The van der Waals surface area contributed by atoms with Crippen LogP contribution in [0.25, 0.3) is 0 Å². The lowest BCUT2D eigenvalue weighted by atomic mass is 10.1. The summed E-state index contributed by atoms with van der Waals surface area (Å²) in [5.41, 5.74) is 0.672. The zero-order chi connectivity index (χ0) is 15.1. The van der Waals surface area contributed by atoms with Gasteiger partial charge in [0.1, 0.15) is 17.5 Å². The zero-order valence-corrected chi connectivity index (χ0v) is 11.8. The third-order valence-electron chi connectivity index (χ3n) is 2.89. The lowest BCUT2D eigenvalue weighted by Crippen LogP contribution is -2.41. The molecule has 0 bridgehead atoms. The van der Waals surface area contributed by atoms with E-state index in [9.17, 15) is 9.59 Å². The van der Waals surface area contributed by atoms with Gasteiger partial charge < -0.3 is 19.9 Å². The molecule has 1 aromatic rings. The molecule has 6 heteroatoms. The summed E-state index contributed by atoms with van der Waals surface area (Å²) >= 11 is 0. The predicted molar refractivity (Wildman–Crippen MR) is 73.1 cm³/mol. The third kappa shape index (κ3) is 4.15. The second-order valence-electron chi connectivity index (χ2n) is 4.22. The lowest BCUT2D eigenvalue weighted by Gasteiger charge is -2.14. The van der Waals surface area contributed by atoms with Crippen LogP contribution in [-0.4, -0.2) is 37.2 Å². The normalized spacial score (nSPS) is 11.6. The van der Waals surface area contributed by atoms with Crippen LogP contribution < -0.4 is 14.8 Å². The number of carbonyl (C=O) groups is 2. The van der Waals surface area contributed by atoms with Crippen molar-refractivity contribution >= 4 is 11.9 Å². The van der Waals surface area contributed by atoms with Crippen molar-refractivity contribution in [3.05, 3.63) is 23.8 Å². The maximum absolute atomic E-state index is 11.8. The molecule has 0 aromatic heterocycles. The summed E-state index contributed by atoms with van der Waals surface area (Å²) in [5, 5.41) is 11.4. The highest BCUT2D eigenvalue weighted by Gasteiger charge is 2.18. The van der Waals surface area contributed by atoms with E-state index in [1.807, 2.05) is 0 Å². The highest BCUT2D eigenvalue weighted by molar-refractivity contribution is 5.85. The molecule has 0 heterocycles. The molecule has 1 rings (SSSR count). The van der Waals surface area contributed by atoms with Crippen LogP contribution in [0.4, 0.5) is 0 Å². The van der Waals surface area contributed by atoms with Gasteiger partial charge in [0, 0.05) is 11.6 Å². The summed E-state index contributed by atoms with van der Waals surface area (Å²) < 4.78 is 10.3. The largest absolute Gasteiger partial charge is 0.497 e. The van der Waals surface area contributed by atoms with Crippen LogP contribution in [0.3, 0.4) is 0 Å². The SMILES string of the molecule is CC[C@@H](NC(=O)Cc1ccc(OC)cc1OC)C(=O)O. The molecule has 6 nitrogen and oxygen atoms in total. The molecule has 0 aliphatic rings. The topological polar surface area (TPSA) is 84.9 Å². The highest BCUT2D eigenvalue weighted by atomic mass is 16.5. The number of rotatable bonds is 7. The quantitative estimate of drug-likeness (QED) is 0.785. The van der Waals surface area contributed by atoms with Crippen LogP contribution in [0.2, 0.25) is 0 Å². The second-order valence-corrected chi connectivity index (χ2v) is 4.22. The summed E-state index contributed by atoms with van der Waals surface area (Å²) in [6.45, 7) is 1.70. The molecule has 0 spiro atoms. The van der Waals surface area contributed by atoms with Gasteiger partial charge in [-0.15, -0.1) is 0 Å². The van der Waals surface area contributed by atoms with Crippen molar-refractivity contribution in [2.45, 2.75) is 25.8 Å². The summed E-state index contributed by atoms with van der Waals surface area (Å²) in [7, 11) is 3.04. The summed E-state index contributed by atoms with van der Waals surface area (Å²) in [6.07, 6.45) is 0.387. The summed E-state index contributed by atoms with van der Waals surface area (Å²) in [4.78, 5) is 22.7. The maximum atomic E-state index is 11.8. The van der Waals surface area contributed by atoms with E-state index >= 15 is 0 Å². The molecule has 0 saturated carbocycles. The Labute approximate surface area is 117 Å². The van der Waals surface area contributed by atoms with E-state index in [-0.39, 0.29) is 12.3 Å². The standard InChI is InChI=1S/C14H19NO5/c1-4-11(14(17)18)15-13(16)7-9-5-6-10(19-2)8-12(9)20-3/h5-6,8,11H,4,7H2,1-3H3,(H,15,16)(H,17,18)/t11-/m1/s1. The highest BCUT2D eigenvalue weighted by Crippen LogP contribution is 2.24. The number of amides is 1. The summed E-state index contributed by atoms with van der Waals surface area (Å²) in [5.74, 6) is -0.240. The van der Waals surface area contributed by atoms with Crippen LogP contribution >= 0.6 is 0 Å². The van der Waals surface area contributed by atoms with Gasteiger partial charge in [-0.25, -0.2) is 4.79 Å². The van der Waals surface area contributed by atoms with Crippen molar-refractivity contribution in [1.29, 1.82) is 0 Å². The van der Waals surface area contributed by atoms with Gasteiger partial charge in [-0.2, -0.15) is 0 Å². The van der Waals surface area contributed by atoms with Gasteiger partial charge in [-0.3, -0.25) is 4.79 Å². The molecule has 0 aliphatic heterocycles. The van der Waals surface area contributed by atoms with Gasteiger partial charge in [0.15, 0.2) is 0 Å². The van der Waals surface area contributed by atoms with E-state index in [1.165, 1.54) is 7.11 Å². The monoisotopic (exact) mass is 281 g/mol. The number of carboxylic acids is 1. The Bertz CT molecular complexity index is 486. The number of methoxy groups -OCH3 is 2. The van der Waals surface area contributed by atoms with E-state index in [0.29, 0.717) is 23.5 Å². The van der Waals surface area contributed by atoms with Gasteiger partial charge in [0.2, 0.25) is 5.91 Å². The van der Waals surface area contributed by atoms with Crippen LogP contribution in [0.15, 0.2) is 18.2 Å². The molecule has 0 saturated heterocycles. The maximum Gasteiger partial charge on any atom is 0.326 e. The molecule has 110 valence electrons. The number of carboxylic acid groups (broad SMARTS) is 1. The lowest BCUT2D eigenvalue weighted by molar-refractivity contribution is -0.141. The predicted octanol–water partition coefficient (Wildman–Crippen LogP) is 1.23. The van der Waals surface area contributed by atoms with Crippen LogP contribution in [0, 0.1) is 0 Å². The number of benzene rings is 1. The summed E-state index contributed by atoms with van der Waals surface area (Å²) in [6, 6.07) is 4.25. The minimum atomic E-state index is -1.04. The molecule has 20 heavy (non-hydrogen) atoms. The molecule has 1 aromatic carbocycles. The van der Waals surface area contributed by atoms with Crippen molar-refractivity contribution < 1.29 is 24.2 Å². The molecule has 1 amide bonds. The van der Waals surface area contributed by atoms with Gasteiger partial charge in [-0.05, 0) is 12.5 Å². The number of ether oxygens (including phenoxy) is 2. The van der Waals surface area contributed by atoms with Crippen molar-refractivity contribution in [2.24, 2.45) is 0 Å². The molecule has 1 atom stereocenters. The Hall–Kier alpha value is -2.24. The van der Waals surface area contributed by atoms with E-state index in [4.69, 9.17) is 14.6 Å². The Kier molecular flexibility index (Phi) is 5.83. The minimum absolute atomic E-state index is 0.0525. The molecular weight excluding hydrogens is 262 g/mol. The van der Waals surface area contributed by atoms with Crippen molar-refractivity contribution in [3.63, 3.8) is 0 Å². The van der Waals surface area contributed by atoms with E-state index in [1.54, 1.807) is 32.2 Å². The number of nitrogens with one attached hydrogen (secondary N) is 1. The van der Waals surface area contributed by atoms with Crippen LogP contribution in [0.1, 0.15) is 18.9 Å². The first-order valence-electron chi connectivity index (χ1n) is 6.24. The van der Waals surface area contributed by atoms with Gasteiger partial charge in [-0.1, -0.05) is 13.0 Å². The second kappa shape index (κ2) is 7.37. The molecule has 0 aliphatic carbocycles. The Morgan fingerprint density at radius 2 is 2.00 bits per heavy atom. The average molecular weight is 281 g/mol. The Morgan fingerprint density at radius 3 is 2.50 bits per heavy atom. The first-order chi connectivity index (χ1) is 9.51. The number of hydrogen-bond acceptors (Lipinski definition) is 4. The van der Waals surface area contributed by atoms with Crippen LogP contribution in [0.5, 0.6) is 11.5 Å². The molecular formula is C14H19NO5. The number of carbonyl (C=O) groups excluding carboxylic acids is 1. The minimum Gasteiger partial charge on any atom is -0.497 e. The molecule has 0 radical (unpaired) electrons. The average Bonchev–Trinajstić information content (AvgIpc) is 2.44. The van der Waals surface area contributed by atoms with Crippen LogP contribution in [-0.2, 0) is 16.0 Å². The first kappa shape index (κ1) is 15.8. The molecule has 2 N–H and O–H groups in total. The fourth-order valence-corrected chi connectivity index (χ4v) is 1.75. The zero-order valence-electron chi connectivity index (χ0n) is 11.8. The Morgan fingerprint density at radius 1 is 1.30 bits per heavy atom. The number of aliphatic carboxylic acids is 1. The smallest absolute Gasteiger partial charge is 0.326 e. The van der Waals surface area contributed by atoms with Gasteiger partial charge in [0.25, 0.3) is 0 Å².